The highest BCUT2D eigenvalue weighted by Crippen LogP contribution is 2.29. The largest absolute Gasteiger partial charge is 0.493 e. The smallest absolute Gasteiger partial charge is 0.271 e. The van der Waals surface area contributed by atoms with Crippen LogP contribution in [0.3, 0.4) is 0 Å². The first-order chi connectivity index (χ1) is 14.5. The summed E-state index contributed by atoms with van der Waals surface area (Å²) in [5.74, 6) is 0.813. The maximum absolute atomic E-state index is 12.1. The Morgan fingerprint density at radius 1 is 1.10 bits per heavy atom. The fraction of sp³-hybridized carbons (Fsp3) is 0.0909. The zero-order chi connectivity index (χ0) is 21.5. The number of carbonyl (C=O) groups is 1. The number of nitrogens with zero attached hydrogens (tertiary/aromatic N) is 1. The first kappa shape index (κ1) is 22.4. The first-order valence-electron chi connectivity index (χ1n) is 8.80. The van der Waals surface area contributed by atoms with E-state index in [1.165, 1.54) is 6.21 Å². The van der Waals surface area contributed by atoms with Gasteiger partial charge in [0, 0.05) is 24.7 Å². The van der Waals surface area contributed by atoms with Gasteiger partial charge in [-0.3, -0.25) is 4.79 Å². The number of hydrogen-bond donors (Lipinski definition) is 1. The first-order valence-corrected chi connectivity index (χ1v) is 10.6. The third-order valence-electron chi connectivity index (χ3n) is 4.05. The molecule has 0 aliphatic rings. The molecule has 0 unspecified atom stereocenters. The van der Waals surface area contributed by atoms with Crippen LogP contribution in [0, 0.1) is 3.57 Å². The number of ether oxygens (including phenoxy) is 2. The molecule has 3 aromatic rings. The van der Waals surface area contributed by atoms with Gasteiger partial charge >= 0.3 is 0 Å². The van der Waals surface area contributed by atoms with Crippen molar-refractivity contribution in [2.45, 2.75) is 6.61 Å². The lowest BCUT2D eigenvalue weighted by Crippen LogP contribution is -2.17. The summed E-state index contributed by atoms with van der Waals surface area (Å²) in [6.07, 6.45) is 1.54. The van der Waals surface area contributed by atoms with Crippen LogP contribution in [0.1, 0.15) is 21.5 Å². The molecule has 0 saturated carbocycles. The Bertz CT molecular complexity index is 1090. The van der Waals surface area contributed by atoms with Crippen LogP contribution < -0.4 is 14.9 Å². The Hall–Kier alpha value is -2.29. The number of rotatable bonds is 7. The minimum Gasteiger partial charge on any atom is -0.493 e. The summed E-state index contributed by atoms with van der Waals surface area (Å²) < 4.78 is 12.2. The molecule has 0 aliphatic carbocycles. The molecule has 3 rings (SSSR count). The van der Waals surface area contributed by atoms with Gasteiger partial charge in [0.15, 0.2) is 11.5 Å². The summed E-state index contributed by atoms with van der Waals surface area (Å²) in [6, 6.07) is 17.8. The van der Waals surface area contributed by atoms with Gasteiger partial charge in [-0.2, -0.15) is 5.10 Å². The van der Waals surface area contributed by atoms with E-state index in [0.717, 1.165) is 14.7 Å². The van der Waals surface area contributed by atoms with Crippen LogP contribution in [-0.2, 0) is 6.61 Å². The van der Waals surface area contributed by atoms with E-state index in [9.17, 15) is 4.79 Å². The van der Waals surface area contributed by atoms with Gasteiger partial charge in [0.2, 0.25) is 0 Å². The molecule has 30 heavy (non-hydrogen) atoms. The molecule has 1 N–H and O–H groups in total. The normalized spacial score (nSPS) is 10.8. The minimum atomic E-state index is -0.281. The van der Waals surface area contributed by atoms with Gasteiger partial charge in [-0.05, 0) is 76.7 Å². The predicted molar refractivity (Wildman–Crippen MR) is 128 cm³/mol. The number of benzene rings is 3. The topological polar surface area (TPSA) is 59.9 Å². The summed E-state index contributed by atoms with van der Waals surface area (Å²) in [5, 5.41) is 5.12. The SMILES string of the molecule is COc1cc(/C=N\NC(=O)c2cccc(I)c2)ccc1OCc1ccc(Cl)cc1Cl. The molecule has 5 nitrogen and oxygen atoms in total. The summed E-state index contributed by atoms with van der Waals surface area (Å²) in [7, 11) is 1.55. The zero-order valence-corrected chi connectivity index (χ0v) is 19.5. The van der Waals surface area contributed by atoms with E-state index in [1.54, 1.807) is 43.5 Å². The number of hydrogen-bond acceptors (Lipinski definition) is 4. The van der Waals surface area contributed by atoms with Crippen molar-refractivity contribution in [1.29, 1.82) is 0 Å². The average Bonchev–Trinajstić information content (AvgIpc) is 2.73. The van der Waals surface area contributed by atoms with Crippen LogP contribution in [0.2, 0.25) is 10.0 Å². The number of carbonyl (C=O) groups excluding carboxylic acids is 1. The molecular weight excluding hydrogens is 538 g/mol. The molecule has 0 aliphatic heterocycles. The van der Waals surface area contributed by atoms with Crippen molar-refractivity contribution in [3.63, 3.8) is 0 Å². The third-order valence-corrected chi connectivity index (χ3v) is 5.31. The highest BCUT2D eigenvalue weighted by molar-refractivity contribution is 14.1. The second kappa shape index (κ2) is 10.7. The van der Waals surface area contributed by atoms with Gasteiger partial charge in [0.1, 0.15) is 6.61 Å². The lowest BCUT2D eigenvalue weighted by Gasteiger charge is -2.12. The summed E-state index contributed by atoms with van der Waals surface area (Å²) in [6.45, 7) is 0.270. The summed E-state index contributed by atoms with van der Waals surface area (Å²) >= 11 is 14.3. The van der Waals surface area contributed by atoms with Gasteiger partial charge < -0.3 is 9.47 Å². The van der Waals surface area contributed by atoms with Gasteiger partial charge in [0.05, 0.1) is 13.3 Å². The number of hydrazone groups is 1. The fourth-order valence-electron chi connectivity index (χ4n) is 2.54. The number of halogens is 3. The Labute approximate surface area is 198 Å². The molecule has 3 aromatic carbocycles. The van der Waals surface area contributed by atoms with Crippen LogP contribution in [0.4, 0.5) is 0 Å². The van der Waals surface area contributed by atoms with E-state index in [1.807, 2.05) is 24.3 Å². The monoisotopic (exact) mass is 554 g/mol. The van der Waals surface area contributed by atoms with Crippen molar-refractivity contribution in [1.82, 2.24) is 5.43 Å². The molecule has 0 heterocycles. The van der Waals surface area contributed by atoms with Gasteiger partial charge in [-0.25, -0.2) is 5.43 Å². The minimum absolute atomic E-state index is 0.270. The van der Waals surface area contributed by atoms with Crippen LogP contribution in [-0.4, -0.2) is 19.2 Å². The second-order valence-electron chi connectivity index (χ2n) is 6.14. The maximum Gasteiger partial charge on any atom is 0.271 e. The van der Waals surface area contributed by atoms with E-state index in [-0.39, 0.29) is 12.5 Å². The number of amides is 1. The average molecular weight is 555 g/mol. The van der Waals surface area contributed by atoms with Crippen molar-refractivity contribution in [3.05, 3.63) is 91.0 Å². The van der Waals surface area contributed by atoms with Crippen LogP contribution >= 0.6 is 45.8 Å². The molecule has 0 saturated heterocycles. The van der Waals surface area contributed by atoms with E-state index in [4.69, 9.17) is 32.7 Å². The molecule has 0 fully saturated rings. The molecular formula is C22H17Cl2IN2O3. The van der Waals surface area contributed by atoms with E-state index >= 15 is 0 Å². The molecule has 0 radical (unpaired) electrons. The number of methoxy groups -OCH3 is 1. The molecule has 154 valence electrons. The molecule has 0 atom stereocenters. The zero-order valence-electron chi connectivity index (χ0n) is 15.9. The maximum atomic E-state index is 12.1. The molecule has 0 aromatic heterocycles. The van der Waals surface area contributed by atoms with Gasteiger partial charge in [-0.1, -0.05) is 35.3 Å². The van der Waals surface area contributed by atoms with Gasteiger partial charge in [0.25, 0.3) is 5.91 Å². The second-order valence-corrected chi connectivity index (χ2v) is 8.23. The Morgan fingerprint density at radius 2 is 1.93 bits per heavy atom. The highest BCUT2D eigenvalue weighted by Gasteiger charge is 2.08. The number of nitrogens with one attached hydrogen (secondary N) is 1. The molecule has 0 spiro atoms. The lowest BCUT2D eigenvalue weighted by molar-refractivity contribution is 0.0955. The molecule has 8 heteroatoms. The molecule has 1 amide bonds. The standard InChI is InChI=1S/C22H17Cl2IN2O3/c1-29-21-9-14(12-26-27-22(28)15-3-2-4-18(25)10-15)5-8-20(21)30-13-16-6-7-17(23)11-19(16)24/h2-12H,13H2,1H3,(H,27,28)/b26-12-. The Kier molecular flexibility index (Phi) is 7.95. The summed E-state index contributed by atoms with van der Waals surface area (Å²) in [5.41, 5.74) is 4.61. The van der Waals surface area contributed by atoms with Crippen molar-refractivity contribution in [3.8, 4) is 11.5 Å². The molecule has 0 bridgehead atoms. The summed E-state index contributed by atoms with van der Waals surface area (Å²) in [4.78, 5) is 12.1. The Balaban J connectivity index is 1.64. The van der Waals surface area contributed by atoms with Crippen LogP contribution in [0.15, 0.2) is 65.8 Å². The Morgan fingerprint density at radius 3 is 2.67 bits per heavy atom. The van der Waals surface area contributed by atoms with E-state index < -0.39 is 0 Å². The van der Waals surface area contributed by atoms with Crippen LogP contribution in [0.25, 0.3) is 0 Å². The quantitative estimate of drug-likeness (QED) is 0.223. The highest BCUT2D eigenvalue weighted by atomic mass is 127. The van der Waals surface area contributed by atoms with Crippen molar-refractivity contribution in [2.75, 3.05) is 7.11 Å². The fourth-order valence-corrected chi connectivity index (χ4v) is 3.54. The lowest BCUT2D eigenvalue weighted by atomic mass is 10.2. The van der Waals surface area contributed by atoms with Crippen molar-refractivity contribution >= 4 is 57.9 Å². The van der Waals surface area contributed by atoms with Gasteiger partial charge in [-0.15, -0.1) is 0 Å². The third kappa shape index (κ3) is 6.10. The van der Waals surface area contributed by atoms with E-state index in [2.05, 4.69) is 33.1 Å². The van der Waals surface area contributed by atoms with Crippen molar-refractivity contribution in [2.24, 2.45) is 5.10 Å². The van der Waals surface area contributed by atoms with Crippen LogP contribution in [0.5, 0.6) is 11.5 Å². The van der Waals surface area contributed by atoms with Crippen molar-refractivity contribution < 1.29 is 14.3 Å². The van der Waals surface area contributed by atoms with E-state index in [0.29, 0.717) is 27.1 Å². The predicted octanol–water partition coefficient (Wildman–Crippen LogP) is 5.95.